The fourth-order valence-corrected chi connectivity index (χ4v) is 2.29. The number of hydrogen-bond acceptors (Lipinski definition) is 5. The van der Waals surface area contributed by atoms with Crippen LogP contribution in [0.15, 0.2) is 0 Å². The average molecular weight is 425 g/mol. The Balaban J connectivity index is -0.000000712. The molecule has 5 nitrogen and oxygen atoms in total. The number of carbonyl (C=O) groups excluding carboxylic acids is 1. The minimum atomic E-state index is -2.17. The summed E-state index contributed by atoms with van der Waals surface area (Å²) < 4.78 is 0. The van der Waals surface area contributed by atoms with Gasteiger partial charge in [0.25, 0.3) is 0 Å². The first-order chi connectivity index (χ1) is 10.5. The summed E-state index contributed by atoms with van der Waals surface area (Å²) in [6, 6.07) is 0. The Morgan fingerprint density at radius 2 is 1.00 bits per heavy atom. The van der Waals surface area contributed by atoms with Crippen molar-refractivity contribution >= 4 is 13.3 Å². The van der Waals surface area contributed by atoms with E-state index >= 15 is 0 Å². The molecule has 0 heterocycles. The minimum absolute atomic E-state index is 0. The molecule has 0 saturated carbocycles. The van der Waals surface area contributed by atoms with E-state index in [0.29, 0.717) is 0 Å². The SMILES string of the molecule is CCCCCCCCCCCCCCCC(=O)[O-].OB(O)O.[Ag+]. The Labute approximate surface area is 157 Å². The van der Waals surface area contributed by atoms with Crippen LogP contribution >= 0.6 is 0 Å². The predicted molar refractivity (Wildman–Crippen MR) is 87.7 cm³/mol. The number of rotatable bonds is 14. The molecule has 142 valence electrons. The molecule has 0 aromatic rings. The van der Waals surface area contributed by atoms with Gasteiger partial charge in [-0.3, -0.25) is 0 Å². The summed E-state index contributed by atoms with van der Waals surface area (Å²) in [5.74, 6) is -0.905. The van der Waals surface area contributed by atoms with Gasteiger partial charge in [-0.15, -0.1) is 0 Å². The summed E-state index contributed by atoms with van der Waals surface area (Å²) in [7, 11) is -2.17. The Morgan fingerprint density at radius 3 is 1.26 bits per heavy atom. The molecule has 0 aromatic carbocycles. The van der Waals surface area contributed by atoms with Gasteiger partial charge in [-0.1, -0.05) is 84.0 Å². The second-order valence-electron chi connectivity index (χ2n) is 5.71. The predicted octanol–water partition coefficient (Wildman–Crippen LogP) is 2.16. The third-order valence-corrected chi connectivity index (χ3v) is 3.48. The summed E-state index contributed by atoms with van der Waals surface area (Å²) in [6.07, 6.45) is 16.9. The summed E-state index contributed by atoms with van der Waals surface area (Å²) in [4.78, 5) is 10.2. The van der Waals surface area contributed by atoms with E-state index in [9.17, 15) is 9.90 Å². The molecule has 0 bridgehead atoms. The van der Waals surface area contributed by atoms with Gasteiger partial charge in [0, 0.05) is 5.97 Å². The molecule has 0 rings (SSSR count). The van der Waals surface area contributed by atoms with Crippen LogP contribution in [0.25, 0.3) is 0 Å². The molecule has 0 unspecified atom stereocenters. The summed E-state index contributed by atoms with van der Waals surface area (Å²) >= 11 is 0. The number of carboxylic acid groups (broad SMARTS) is 1. The van der Waals surface area contributed by atoms with E-state index in [0.717, 1.165) is 12.8 Å². The van der Waals surface area contributed by atoms with Gasteiger partial charge < -0.3 is 25.0 Å². The van der Waals surface area contributed by atoms with Gasteiger partial charge in [-0.25, -0.2) is 0 Å². The number of unbranched alkanes of at least 4 members (excludes halogenated alkanes) is 12. The van der Waals surface area contributed by atoms with Crippen molar-refractivity contribution in [3.05, 3.63) is 0 Å². The van der Waals surface area contributed by atoms with Crippen LogP contribution in [0.3, 0.4) is 0 Å². The van der Waals surface area contributed by atoms with Crippen molar-refractivity contribution in [2.75, 3.05) is 0 Å². The Bertz CT molecular complexity index is 228. The van der Waals surface area contributed by atoms with Gasteiger partial charge in [-0.2, -0.15) is 0 Å². The smallest absolute Gasteiger partial charge is 0.550 e. The maximum atomic E-state index is 10.2. The first-order valence-electron chi connectivity index (χ1n) is 8.74. The molecule has 3 N–H and O–H groups in total. The van der Waals surface area contributed by atoms with Crippen molar-refractivity contribution in [2.45, 2.75) is 96.8 Å². The number of aliphatic carboxylic acids is 1. The second-order valence-corrected chi connectivity index (χ2v) is 5.71. The fourth-order valence-electron chi connectivity index (χ4n) is 2.29. The van der Waals surface area contributed by atoms with Gasteiger partial charge >= 0.3 is 29.7 Å². The molecule has 0 radical (unpaired) electrons. The molecule has 0 aliphatic carbocycles. The number of hydrogen-bond donors (Lipinski definition) is 3. The molecule has 0 aromatic heterocycles. The minimum Gasteiger partial charge on any atom is -0.550 e. The average Bonchev–Trinajstić information content (AvgIpc) is 2.43. The fraction of sp³-hybridized carbons (Fsp3) is 0.938. The molecule has 7 heteroatoms. The summed E-state index contributed by atoms with van der Waals surface area (Å²) in [5.41, 5.74) is 0. The van der Waals surface area contributed by atoms with Crippen molar-refractivity contribution in [1.29, 1.82) is 0 Å². The molecule has 0 atom stereocenters. The molecular formula is C16H34AgBO5. The standard InChI is InChI=1S/C16H32O2.Ag.BH3O3/c1-2-3-4-5-6-7-8-9-10-11-12-13-14-15-16(17)18;;2-1(3)4/h2-15H2,1H3,(H,17,18);;2-4H/q;+1;/p-1. The van der Waals surface area contributed by atoms with E-state index < -0.39 is 13.3 Å². The van der Waals surface area contributed by atoms with Gasteiger partial charge in [0.1, 0.15) is 0 Å². The zero-order valence-electron chi connectivity index (χ0n) is 14.4. The van der Waals surface area contributed by atoms with Crippen molar-refractivity contribution in [1.82, 2.24) is 0 Å². The molecule has 0 aliphatic rings. The number of carboxylic acids is 1. The molecule has 0 spiro atoms. The third-order valence-electron chi connectivity index (χ3n) is 3.48. The number of carbonyl (C=O) groups is 1. The van der Waals surface area contributed by atoms with E-state index in [4.69, 9.17) is 15.1 Å². The maximum absolute atomic E-state index is 10.2. The monoisotopic (exact) mass is 424 g/mol. The second kappa shape index (κ2) is 24.4. The molecule has 23 heavy (non-hydrogen) atoms. The van der Waals surface area contributed by atoms with Crippen LogP contribution in [0, 0.1) is 0 Å². The van der Waals surface area contributed by atoms with Crippen LogP contribution in [0.5, 0.6) is 0 Å². The molecular weight excluding hydrogens is 391 g/mol. The van der Waals surface area contributed by atoms with E-state index in [-0.39, 0.29) is 28.8 Å². The largest absolute Gasteiger partial charge is 1.00 e. The van der Waals surface area contributed by atoms with Crippen molar-refractivity contribution in [3.63, 3.8) is 0 Å². The molecule has 0 amide bonds. The van der Waals surface area contributed by atoms with E-state index in [2.05, 4.69) is 6.92 Å². The van der Waals surface area contributed by atoms with Gasteiger partial charge in [0.05, 0.1) is 0 Å². The molecule has 0 aliphatic heterocycles. The summed E-state index contributed by atoms with van der Waals surface area (Å²) in [5, 5.41) is 31.7. The van der Waals surface area contributed by atoms with Gasteiger partial charge in [-0.05, 0) is 12.8 Å². The first-order valence-corrected chi connectivity index (χ1v) is 8.74. The zero-order chi connectivity index (χ0) is 17.1. The maximum Gasteiger partial charge on any atom is 1.00 e. The van der Waals surface area contributed by atoms with E-state index in [1.54, 1.807) is 0 Å². The van der Waals surface area contributed by atoms with E-state index in [1.807, 2.05) is 0 Å². The van der Waals surface area contributed by atoms with Crippen molar-refractivity contribution in [2.24, 2.45) is 0 Å². The Hall–Kier alpha value is 0.155. The van der Waals surface area contributed by atoms with Gasteiger partial charge in [0.15, 0.2) is 0 Å². The van der Waals surface area contributed by atoms with Crippen molar-refractivity contribution in [3.8, 4) is 0 Å². The summed E-state index contributed by atoms with van der Waals surface area (Å²) in [6.45, 7) is 2.26. The first kappa shape index (κ1) is 28.0. The van der Waals surface area contributed by atoms with Crippen LogP contribution in [0.2, 0.25) is 0 Å². The normalized spacial score (nSPS) is 9.57. The van der Waals surface area contributed by atoms with Crippen LogP contribution in [0.1, 0.15) is 96.8 Å². The Kier molecular flexibility index (Phi) is 29.7. The van der Waals surface area contributed by atoms with Crippen molar-refractivity contribution < 1.29 is 47.4 Å². The van der Waals surface area contributed by atoms with Gasteiger partial charge in [0.2, 0.25) is 0 Å². The van der Waals surface area contributed by atoms with Crippen LogP contribution < -0.4 is 5.11 Å². The van der Waals surface area contributed by atoms with Crippen LogP contribution in [0.4, 0.5) is 0 Å². The zero-order valence-corrected chi connectivity index (χ0v) is 15.9. The molecule has 0 fully saturated rings. The van der Waals surface area contributed by atoms with Crippen LogP contribution in [-0.2, 0) is 27.2 Å². The quantitative estimate of drug-likeness (QED) is 0.293. The topological polar surface area (TPSA) is 101 Å². The third kappa shape index (κ3) is 39.2. The van der Waals surface area contributed by atoms with Crippen LogP contribution in [-0.4, -0.2) is 28.4 Å². The Morgan fingerprint density at radius 1 is 0.739 bits per heavy atom. The molecule has 0 saturated heterocycles. The van der Waals surface area contributed by atoms with E-state index in [1.165, 1.54) is 70.6 Å².